The molecular formula is C23H20N2O2. The van der Waals surface area contributed by atoms with Gasteiger partial charge in [-0.1, -0.05) is 60.2 Å². The lowest BCUT2D eigenvalue weighted by Gasteiger charge is -2.13. The summed E-state index contributed by atoms with van der Waals surface area (Å²) in [5.41, 5.74) is 5.22. The smallest absolute Gasteiger partial charge is 0.256 e. The van der Waals surface area contributed by atoms with Crippen LogP contribution in [0.3, 0.4) is 0 Å². The van der Waals surface area contributed by atoms with Gasteiger partial charge in [-0.05, 0) is 36.2 Å². The van der Waals surface area contributed by atoms with Crippen LogP contribution in [0.15, 0.2) is 77.8 Å². The minimum absolute atomic E-state index is 0.154. The van der Waals surface area contributed by atoms with E-state index in [1.54, 1.807) is 0 Å². The van der Waals surface area contributed by atoms with Crippen molar-refractivity contribution >= 4 is 17.5 Å². The van der Waals surface area contributed by atoms with Crippen LogP contribution in [0.5, 0.6) is 0 Å². The monoisotopic (exact) mass is 356 g/mol. The average Bonchev–Trinajstić information content (AvgIpc) is 3.23. The number of benzene rings is 3. The molecule has 1 aliphatic rings. The number of amides is 1. The molecule has 4 heteroatoms. The quantitative estimate of drug-likeness (QED) is 0.737. The van der Waals surface area contributed by atoms with Gasteiger partial charge in [-0.15, -0.1) is 0 Å². The van der Waals surface area contributed by atoms with Crippen molar-refractivity contribution in [1.29, 1.82) is 0 Å². The van der Waals surface area contributed by atoms with Gasteiger partial charge in [0, 0.05) is 5.56 Å². The van der Waals surface area contributed by atoms with E-state index in [-0.39, 0.29) is 5.91 Å². The summed E-state index contributed by atoms with van der Waals surface area (Å²) in [6.45, 7) is 3.27. The summed E-state index contributed by atoms with van der Waals surface area (Å²) in [4.78, 5) is 17.4. The molecule has 1 heterocycles. The second-order valence-electron chi connectivity index (χ2n) is 6.45. The lowest BCUT2D eigenvalue weighted by atomic mass is 9.98. The number of aliphatic imine (C=N–C) groups is 1. The van der Waals surface area contributed by atoms with E-state index in [0.29, 0.717) is 30.3 Å². The van der Waals surface area contributed by atoms with Crippen molar-refractivity contribution in [2.24, 2.45) is 4.99 Å². The molecule has 1 amide bonds. The summed E-state index contributed by atoms with van der Waals surface area (Å²) in [6.07, 6.45) is 0. The van der Waals surface area contributed by atoms with Crippen LogP contribution in [0.2, 0.25) is 0 Å². The number of anilines is 1. The number of aryl methyl sites for hydroxylation is 1. The van der Waals surface area contributed by atoms with Crippen LogP contribution in [0.4, 0.5) is 5.69 Å². The van der Waals surface area contributed by atoms with E-state index in [4.69, 9.17) is 4.74 Å². The van der Waals surface area contributed by atoms with E-state index in [9.17, 15) is 4.79 Å². The topological polar surface area (TPSA) is 50.7 Å². The molecule has 4 rings (SSSR count). The number of carbonyl (C=O) groups excluding carboxylic acids is 1. The minimum atomic E-state index is -0.154. The summed E-state index contributed by atoms with van der Waals surface area (Å²) in [6, 6.07) is 23.4. The number of rotatable bonds is 4. The number of carbonyl (C=O) groups is 1. The van der Waals surface area contributed by atoms with Crippen LogP contribution in [-0.4, -0.2) is 25.0 Å². The molecule has 0 unspecified atom stereocenters. The van der Waals surface area contributed by atoms with E-state index in [1.165, 1.54) is 0 Å². The van der Waals surface area contributed by atoms with Gasteiger partial charge in [-0.3, -0.25) is 4.79 Å². The van der Waals surface area contributed by atoms with Crippen LogP contribution in [0.25, 0.3) is 11.1 Å². The van der Waals surface area contributed by atoms with Gasteiger partial charge in [0.15, 0.2) is 0 Å². The van der Waals surface area contributed by atoms with Crippen molar-refractivity contribution in [2.75, 3.05) is 18.5 Å². The average molecular weight is 356 g/mol. The third-order valence-corrected chi connectivity index (χ3v) is 4.49. The molecule has 0 radical (unpaired) electrons. The molecule has 1 N–H and O–H groups in total. The van der Waals surface area contributed by atoms with Crippen LogP contribution >= 0.6 is 0 Å². The SMILES string of the molecule is Cc1cccc(-c2ccccc2C(=O)Nc2ccccc2C2=NCCO2)c1. The Morgan fingerprint density at radius 2 is 1.74 bits per heavy atom. The van der Waals surface area contributed by atoms with Gasteiger partial charge in [0.25, 0.3) is 5.91 Å². The Morgan fingerprint density at radius 1 is 0.963 bits per heavy atom. The lowest BCUT2D eigenvalue weighted by Crippen LogP contribution is -2.16. The standard InChI is InChI=1S/C23H20N2O2/c1-16-7-6-8-17(15-16)18-9-2-3-10-19(18)22(26)25-21-12-5-4-11-20(21)23-24-13-14-27-23/h2-12,15H,13-14H2,1H3,(H,25,26). The molecule has 0 saturated carbocycles. The van der Waals surface area contributed by atoms with Gasteiger partial charge in [0.2, 0.25) is 5.90 Å². The minimum Gasteiger partial charge on any atom is -0.475 e. The zero-order chi connectivity index (χ0) is 18.6. The Labute approximate surface area is 158 Å². The predicted octanol–water partition coefficient (Wildman–Crippen LogP) is 4.69. The van der Waals surface area contributed by atoms with Crippen molar-refractivity contribution in [3.05, 3.63) is 89.5 Å². The molecule has 0 bridgehead atoms. The summed E-state index contributed by atoms with van der Waals surface area (Å²) in [5, 5.41) is 3.03. The second kappa shape index (κ2) is 7.46. The lowest BCUT2D eigenvalue weighted by molar-refractivity contribution is 0.102. The van der Waals surface area contributed by atoms with Gasteiger partial charge >= 0.3 is 0 Å². The van der Waals surface area contributed by atoms with Crippen molar-refractivity contribution in [2.45, 2.75) is 6.92 Å². The molecule has 0 aliphatic carbocycles. The van der Waals surface area contributed by atoms with Crippen molar-refractivity contribution in [1.82, 2.24) is 0 Å². The molecule has 134 valence electrons. The molecule has 3 aromatic carbocycles. The van der Waals surface area contributed by atoms with E-state index in [1.807, 2.05) is 73.7 Å². The fourth-order valence-corrected chi connectivity index (χ4v) is 3.21. The maximum atomic E-state index is 13.1. The summed E-state index contributed by atoms with van der Waals surface area (Å²) in [7, 11) is 0. The molecule has 3 aromatic rings. The Morgan fingerprint density at radius 3 is 2.52 bits per heavy atom. The molecule has 27 heavy (non-hydrogen) atoms. The predicted molar refractivity (Wildman–Crippen MR) is 108 cm³/mol. The number of nitrogens with one attached hydrogen (secondary N) is 1. The number of hydrogen-bond donors (Lipinski definition) is 1. The van der Waals surface area contributed by atoms with Crippen molar-refractivity contribution < 1.29 is 9.53 Å². The van der Waals surface area contributed by atoms with Gasteiger partial charge in [0.1, 0.15) is 6.61 Å². The highest BCUT2D eigenvalue weighted by Crippen LogP contribution is 2.26. The number of hydrogen-bond acceptors (Lipinski definition) is 3. The van der Waals surface area contributed by atoms with Crippen LogP contribution < -0.4 is 5.32 Å². The summed E-state index contributed by atoms with van der Waals surface area (Å²) < 4.78 is 5.57. The Hall–Kier alpha value is -3.40. The largest absolute Gasteiger partial charge is 0.475 e. The van der Waals surface area contributed by atoms with Crippen LogP contribution in [0.1, 0.15) is 21.5 Å². The number of para-hydroxylation sites is 1. The van der Waals surface area contributed by atoms with Gasteiger partial charge in [-0.25, -0.2) is 4.99 Å². The third-order valence-electron chi connectivity index (χ3n) is 4.49. The van der Waals surface area contributed by atoms with E-state index in [2.05, 4.69) is 16.4 Å². The maximum absolute atomic E-state index is 13.1. The molecule has 4 nitrogen and oxygen atoms in total. The highest BCUT2D eigenvalue weighted by Gasteiger charge is 2.18. The van der Waals surface area contributed by atoms with Gasteiger partial charge in [0.05, 0.1) is 17.8 Å². The van der Waals surface area contributed by atoms with Crippen LogP contribution in [-0.2, 0) is 4.74 Å². The molecule has 0 saturated heterocycles. The maximum Gasteiger partial charge on any atom is 0.256 e. The molecular weight excluding hydrogens is 336 g/mol. The first kappa shape index (κ1) is 17.0. The first-order valence-electron chi connectivity index (χ1n) is 8.96. The van der Waals surface area contributed by atoms with Crippen LogP contribution in [0, 0.1) is 6.92 Å². The Bertz CT molecular complexity index is 1020. The molecule has 0 fully saturated rings. The zero-order valence-electron chi connectivity index (χ0n) is 15.1. The molecule has 1 aliphatic heterocycles. The third kappa shape index (κ3) is 3.60. The van der Waals surface area contributed by atoms with E-state index in [0.717, 1.165) is 22.3 Å². The fraction of sp³-hybridized carbons (Fsp3) is 0.130. The Kier molecular flexibility index (Phi) is 4.71. The summed E-state index contributed by atoms with van der Waals surface area (Å²) >= 11 is 0. The molecule has 0 aromatic heterocycles. The fourth-order valence-electron chi connectivity index (χ4n) is 3.21. The highest BCUT2D eigenvalue weighted by molar-refractivity contribution is 6.11. The van der Waals surface area contributed by atoms with Gasteiger partial charge < -0.3 is 10.1 Å². The molecule has 0 spiro atoms. The van der Waals surface area contributed by atoms with E-state index >= 15 is 0 Å². The Balaban J connectivity index is 1.68. The van der Waals surface area contributed by atoms with E-state index < -0.39 is 0 Å². The number of ether oxygens (including phenoxy) is 1. The zero-order valence-corrected chi connectivity index (χ0v) is 15.1. The van der Waals surface area contributed by atoms with Gasteiger partial charge in [-0.2, -0.15) is 0 Å². The normalized spacial score (nSPS) is 13.0. The second-order valence-corrected chi connectivity index (χ2v) is 6.45. The first-order chi connectivity index (χ1) is 13.2. The first-order valence-corrected chi connectivity index (χ1v) is 8.96. The van der Waals surface area contributed by atoms with Crippen molar-refractivity contribution in [3.63, 3.8) is 0 Å². The summed E-state index contributed by atoms with van der Waals surface area (Å²) in [5.74, 6) is 0.427. The number of nitrogens with zero attached hydrogens (tertiary/aromatic N) is 1. The van der Waals surface area contributed by atoms with Crippen molar-refractivity contribution in [3.8, 4) is 11.1 Å². The highest BCUT2D eigenvalue weighted by atomic mass is 16.5. The molecule has 0 atom stereocenters.